The first kappa shape index (κ1) is 19.5. The van der Waals surface area contributed by atoms with Crippen molar-refractivity contribution >= 4 is 40.0 Å². The van der Waals surface area contributed by atoms with Crippen LogP contribution in [0.2, 0.25) is 0 Å². The summed E-state index contributed by atoms with van der Waals surface area (Å²) < 4.78 is 26.8. The van der Waals surface area contributed by atoms with E-state index < -0.39 is 10.0 Å². The molecule has 0 unspecified atom stereocenters. The van der Waals surface area contributed by atoms with Crippen molar-refractivity contribution in [1.29, 1.82) is 0 Å². The zero-order valence-corrected chi connectivity index (χ0v) is 17.1. The highest BCUT2D eigenvalue weighted by Crippen LogP contribution is 2.20. The van der Waals surface area contributed by atoms with Crippen LogP contribution >= 0.6 is 24.0 Å². The van der Waals surface area contributed by atoms with Crippen molar-refractivity contribution < 1.29 is 8.42 Å². The number of rotatable bonds is 4. The number of nitrogens with one attached hydrogen (secondary N) is 1. The second-order valence-electron chi connectivity index (χ2n) is 6.09. The summed E-state index contributed by atoms with van der Waals surface area (Å²) >= 11 is 0. The minimum absolute atomic E-state index is 0. The molecule has 0 aromatic heterocycles. The molecule has 0 atom stereocenters. The fourth-order valence-electron chi connectivity index (χ4n) is 2.94. The maximum Gasteiger partial charge on any atom is 0.243 e. The van der Waals surface area contributed by atoms with E-state index in [1.807, 2.05) is 19.2 Å². The lowest BCUT2D eigenvalue weighted by atomic mass is 10.2. The minimum atomic E-state index is -3.34. The number of aliphatic imine (C=N–C) groups is 1. The third-order valence-electron chi connectivity index (χ3n) is 4.39. The number of likely N-dealkylation sites (N-methyl/N-ethyl adjacent to an activating group) is 1. The number of sulfonamides is 1. The summed E-state index contributed by atoms with van der Waals surface area (Å²) in [5.41, 5.74) is 1.05. The second kappa shape index (κ2) is 8.48. The monoisotopic (exact) mass is 464 g/mol. The van der Waals surface area contributed by atoms with Crippen LogP contribution in [0.5, 0.6) is 0 Å². The molecule has 1 saturated heterocycles. The Labute approximate surface area is 161 Å². The second-order valence-corrected chi connectivity index (χ2v) is 8.03. The molecule has 0 aliphatic carbocycles. The molecule has 1 aromatic carbocycles. The zero-order chi connectivity index (χ0) is 16.3. The molecule has 0 bridgehead atoms. The number of nitrogens with zero attached hydrogens (tertiary/aromatic N) is 3. The van der Waals surface area contributed by atoms with Crippen LogP contribution in [0.3, 0.4) is 0 Å². The van der Waals surface area contributed by atoms with E-state index in [1.54, 1.807) is 16.4 Å². The van der Waals surface area contributed by atoms with Crippen molar-refractivity contribution in [1.82, 2.24) is 14.5 Å². The lowest BCUT2D eigenvalue weighted by Crippen LogP contribution is -2.35. The summed E-state index contributed by atoms with van der Waals surface area (Å²) in [6.45, 7) is 3.68. The quantitative estimate of drug-likeness (QED) is 0.692. The van der Waals surface area contributed by atoms with Gasteiger partial charge < -0.3 is 10.2 Å². The van der Waals surface area contributed by atoms with Crippen molar-refractivity contribution in [3.8, 4) is 0 Å². The topological polar surface area (TPSA) is 65.0 Å². The highest BCUT2D eigenvalue weighted by atomic mass is 127. The Morgan fingerprint density at radius 3 is 2.33 bits per heavy atom. The van der Waals surface area contributed by atoms with Gasteiger partial charge in [0.1, 0.15) is 0 Å². The molecule has 0 spiro atoms. The molecule has 2 heterocycles. The fraction of sp³-hybridized carbons (Fsp3) is 0.562. The number of benzene rings is 1. The molecule has 2 aliphatic heterocycles. The minimum Gasteiger partial charge on any atom is -0.352 e. The lowest BCUT2D eigenvalue weighted by Gasteiger charge is -2.25. The Kier molecular flexibility index (Phi) is 6.88. The molecule has 0 amide bonds. The number of guanidine groups is 1. The van der Waals surface area contributed by atoms with Gasteiger partial charge in [-0.3, -0.25) is 4.99 Å². The van der Waals surface area contributed by atoms with E-state index in [-0.39, 0.29) is 24.0 Å². The first-order valence-electron chi connectivity index (χ1n) is 8.16. The lowest BCUT2D eigenvalue weighted by molar-refractivity contribution is 0.346. The fourth-order valence-corrected chi connectivity index (χ4v) is 4.46. The summed E-state index contributed by atoms with van der Waals surface area (Å²) in [5, 5.41) is 3.29. The Morgan fingerprint density at radius 1 is 1.08 bits per heavy atom. The molecule has 134 valence electrons. The highest BCUT2D eigenvalue weighted by molar-refractivity contribution is 14.0. The van der Waals surface area contributed by atoms with Crippen LogP contribution < -0.4 is 5.32 Å². The van der Waals surface area contributed by atoms with E-state index in [1.165, 1.54) is 0 Å². The molecular weight excluding hydrogens is 439 g/mol. The van der Waals surface area contributed by atoms with Crippen LogP contribution in [0.4, 0.5) is 0 Å². The van der Waals surface area contributed by atoms with Crippen LogP contribution in [-0.4, -0.2) is 56.8 Å². The summed E-state index contributed by atoms with van der Waals surface area (Å²) in [5.74, 6) is 0.898. The van der Waals surface area contributed by atoms with Gasteiger partial charge >= 0.3 is 0 Å². The molecular formula is C16H25IN4O2S. The SMILES string of the molecule is CN1CCN=C1NCc1ccc(S(=O)(=O)N2CCCCC2)cc1.I. The van der Waals surface area contributed by atoms with E-state index in [0.29, 0.717) is 24.5 Å². The van der Waals surface area contributed by atoms with Gasteiger partial charge in [0.15, 0.2) is 5.96 Å². The van der Waals surface area contributed by atoms with Gasteiger partial charge in [-0.15, -0.1) is 24.0 Å². The highest BCUT2D eigenvalue weighted by Gasteiger charge is 2.25. The molecule has 6 nitrogen and oxygen atoms in total. The van der Waals surface area contributed by atoms with Crippen molar-refractivity contribution in [2.45, 2.75) is 30.7 Å². The van der Waals surface area contributed by atoms with Crippen LogP contribution in [0.1, 0.15) is 24.8 Å². The van der Waals surface area contributed by atoms with Crippen LogP contribution in [0.25, 0.3) is 0 Å². The predicted octanol–water partition coefficient (Wildman–Crippen LogP) is 1.87. The van der Waals surface area contributed by atoms with E-state index in [0.717, 1.165) is 43.9 Å². The Bertz CT molecular complexity index is 670. The number of halogens is 1. The molecule has 1 aromatic rings. The number of piperidine rings is 1. The Hall–Kier alpha value is -0.870. The largest absolute Gasteiger partial charge is 0.352 e. The molecule has 0 saturated carbocycles. The van der Waals surface area contributed by atoms with Gasteiger partial charge in [0, 0.05) is 33.2 Å². The molecule has 1 fully saturated rings. The molecule has 3 rings (SSSR count). The van der Waals surface area contributed by atoms with Crippen molar-refractivity contribution in [3.63, 3.8) is 0 Å². The van der Waals surface area contributed by atoms with Gasteiger partial charge in [-0.25, -0.2) is 8.42 Å². The number of hydrogen-bond acceptors (Lipinski definition) is 5. The third-order valence-corrected chi connectivity index (χ3v) is 6.30. The zero-order valence-electron chi connectivity index (χ0n) is 13.9. The van der Waals surface area contributed by atoms with Crippen LogP contribution in [-0.2, 0) is 16.6 Å². The first-order valence-corrected chi connectivity index (χ1v) is 9.60. The van der Waals surface area contributed by atoms with E-state index in [4.69, 9.17) is 0 Å². The Balaban J connectivity index is 0.00000208. The van der Waals surface area contributed by atoms with Crippen molar-refractivity contribution in [2.24, 2.45) is 4.99 Å². The summed E-state index contributed by atoms with van der Waals surface area (Å²) in [6.07, 6.45) is 3.03. The van der Waals surface area contributed by atoms with E-state index >= 15 is 0 Å². The molecule has 1 N–H and O–H groups in total. The van der Waals surface area contributed by atoms with Crippen molar-refractivity contribution in [2.75, 3.05) is 33.2 Å². The van der Waals surface area contributed by atoms with Gasteiger partial charge in [-0.1, -0.05) is 18.6 Å². The third kappa shape index (κ3) is 4.40. The average Bonchev–Trinajstić information content (AvgIpc) is 2.99. The van der Waals surface area contributed by atoms with Gasteiger partial charge in [-0.05, 0) is 30.5 Å². The van der Waals surface area contributed by atoms with Gasteiger partial charge in [0.05, 0.1) is 11.4 Å². The molecule has 8 heteroatoms. The molecule has 24 heavy (non-hydrogen) atoms. The van der Waals surface area contributed by atoms with E-state index in [2.05, 4.69) is 15.2 Å². The first-order chi connectivity index (χ1) is 11.1. The summed E-state index contributed by atoms with van der Waals surface area (Å²) in [4.78, 5) is 6.84. The van der Waals surface area contributed by atoms with Crippen LogP contribution in [0, 0.1) is 0 Å². The summed E-state index contributed by atoms with van der Waals surface area (Å²) in [6, 6.07) is 7.17. The van der Waals surface area contributed by atoms with Crippen LogP contribution in [0.15, 0.2) is 34.2 Å². The van der Waals surface area contributed by atoms with Crippen molar-refractivity contribution in [3.05, 3.63) is 29.8 Å². The Morgan fingerprint density at radius 2 is 1.75 bits per heavy atom. The predicted molar refractivity (Wildman–Crippen MR) is 106 cm³/mol. The molecule has 2 aliphatic rings. The maximum atomic E-state index is 12.6. The molecule has 0 radical (unpaired) electrons. The van der Waals surface area contributed by atoms with Gasteiger partial charge in [0.25, 0.3) is 0 Å². The average molecular weight is 464 g/mol. The normalized spacial score (nSPS) is 18.9. The van der Waals surface area contributed by atoms with Gasteiger partial charge in [-0.2, -0.15) is 4.31 Å². The van der Waals surface area contributed by atoms with Gasteiger partial charge in [0.2, 0.25) is 10.0 Å². The number of hydrogen-bond donors (Lipinski definition) is 1. The summed E-state index contributed by atoms with van der Waals surface area (Å²) in [7, 11) is -1.33. The standard InChI is InChI=1S/C16H24N4O2S.HI/c1-19-12-9-17-16(19)18-13-14-5-7-15(8-6-14)23(21,22)20-10-3-2-4-11-20;/h5-8H,2-4,9-13H2,1H3,(H,17,18);1H. The maximum absolute atomic E-state index is 12.6. The van der Waals surface area contributed by atoms with E-state index in [9.17, 15) is 8.42 Å². The smallest absolute Gasteiger partial charge is 0.243 e.